The minimum absolute atomic E-state index is 0.526. The van der Waals surface area contributed by atoms with Crippen molar-refractivity contribution in [2.24, 2.45) is 5.41 Å². The van der Waals surface area contributed by atoms with Crippen LogP contribution < -0.4 is 5.32 Å². The molecule has 3 heteroatoms. The average molecular weight is 238 g/mol. The van der Waals surface area contributed by atoms with E-state index >= 15 is 0 Å². The van der Waals surface area contributed by atoms with Crippen molar-refractivity contribution in [1.82, 2.24) is 10.3 Å². The highest BCUT2D eigenvalue weighted by Gasteiger charge is 2.27. The van der Waals surface area contributed by atoms with Gasteiger partial charge in [-0.2, -0.15) is 0 Å². The zero-order valence-electron chi connectivity index (χ0n) is 10.5. The van der Waals surface area contributed by atoms with Gasteiger partial charge in [-0.3, -0.25) is 0 Å². The summed E-state index contributed by atoms with van der Waals surface area (Å²) in [5, 5.41) is 3.69. The predicted molar refractivity (Wildman–Crippen MR) is 69.7 cm³/mol. The van der Waals surface area contributed by atoms with Gasteiger partial charge < -0.3 is 5.32 Å². The first kappa shape index (κ1) is 12.1. The molecular formula is C13H22N2S. The second kappa shape index (κ2) is 4.84. The molecule has 1 aromatic rings. The number of hydrogen-bond acceptors (Lipinski definition) is 3. The molecular weight excluding hydrogens is 216 g/mol. The molecule has 1 aliphatic carbocycles. The third kappa shape index (κ3) is 3.05. The molecule has 0 aromatic carbocycles. The molecule has 1 saturated carbocycles. The summed E-state index contributed by atoms with van der Waals surface area (Å²) in [5.41, 5.74) is 3.66. The molecule has 0 radical (unpaired) electrons. The van der Waals surface area contributed by atoms with Crippen molar-refractivity contribution in [3.05, 3.63) is 16.1 Å². The third-order valence-electron chi connectivity index (χ3n) is 3.60. The highest BCUT2D eigenvalue weighted by Crippen LogP contribution is 2.35. The lowest BCUT2D eigenvalue weighted by molar-refractivity contribution is 0.198. The van der Waals surface area contributed by atoms with E-state index in [1.54, 1.807) is 11.3 Å². The maximum atomic E-state index is 4.29. The summed E-state index contributed by atoms with van der Waals surface area (Å²) in [7, 11) is 0. The van der Waals surface area contributed by atoms with E-state index in [1.165, 1.54) is 36.3 Å². The third-order valence-corrected chi connectivity index (χ3v) is 4.54. The highest BCUT2D eigenvalue weighted by molar-refractivity contribution is 7.09. The molecule has 1 unspecified atom stereocenters. The number of aromatic nitrogens is 1. The molecule has 2 rings (SSSR count). The van der Waals surface area contributed by atoms with Gasteiger partial charge in [-0.15, -0.1) is 11.3 Å². The van der Waals surface area contributed by atoms with Crippen molar-refractivity contribution in [2.45, 2.75) is 59.0 Å². The summed E-state index contributed by atoms with van der Waals surface area (Å²) >= 11 is 1.76. The Morgan fingerprint density at radius 3 is 3.00 bits per heavy atom. The van der Waals surface area contributed by atoms with Gasteiger partial charge in [-0.25, -0.2) is 4.98 Å². The fraction of sp³-hybridized carbons (Fsp3) is 0.769. The van der Waals surface area contributed by atoms with Crippen LogP contribution in [-0.2, 0) is 6.54 Å². The summed E-state index contributed by atoms with van der Waals surface area (Å²) < 4.78 is 0. The summed E-state index contributed by atoms with van der Waals surface area (Å²) in [6.07, 6.45) is 5.39. The molecule has 1 heterocycles. The van der Waals surface area contributed by atoms with Gasteiger partial charge >= 0.3 is 0 Å². The zero-order valence-corrected chi connectivity index (χ0v) is 11.4. The van der Waals surface area contributed by atoms with Crippen LogP contribution in [0.4, 0.5) is 0 Å². The first-order chi connectivity index (χ1) is 7.57. The lowest BCUT2D eigenvalue weighted by Crippen LogP contribution is -2.36. The van der Waals surface area contributed by atoms with Gasteiger partial charge in [0.15, 0.2) is 0 Å². The van der Waals surface area contributed by atoms with Gasteiger partial charge in [0, 0.05) is 17.5 Å². The van der Waals surface area contributed by atoms with Crippen LogP contribution in [0.1, 0.15) is 50.1 Å². The van der Waals surface area contributed by atoms with Crippen LogP contribution in [0.3, 0.4) is 0 Å². The van der Waals surface area contributed by atoms with Crippen LogP contribution in [0.25, 0.3) is 0 Å². The SMILES string of the molecule is Cc1ncsc1CNC1CCCC(C)(C)C1. The fourth-order valence-electron chi connectivity index (χ4n) is 2.61. The normalized spacial score (nSPS) is 24.6. The minimum atomic E-state index is 0.526. The molecule has 1 aromatic heterocycles. The molecule has 0 aliphatic heterocycles. The molecule has 0 amide bonds. The van der Waals surface area contributed by atoms with E-state index in [4.69, 9.17) is 0 Å². The zero-order chi connectivity index (χ0) is 11.6. The van der Waals surface area contributed by atoms with Gasteiger partial charge in [0.1, 0.15) is 0 Å². The Kier molecular flexibility index (Phi) is 3.65. The van der Waals surface area contributed by atoms with Crippen LogP contribution in [0, 0.1) is 12.3 Å². The smallest absolute Gasteiger partial charge is 0.0798 e. The Hall–Kier alpha value is -0.410. The van der Waals surface area contributed by atoms with Crippen molar-refractivity contribution in [3.8, 4) is 0 Å². The summed E-state index contributed by atoms with van der Waals surface area (Å²) in [5.74, 6) is 0. The maximum Gasteiger partial charge on any atom is 0.0798 e. The van der Waals surface area contributed by atoms with E-state index in [0.29, 0.717) is 11.5 Å². The van der Waals surface area contributed by atoms with Crippen molar-refractivity contribution >= 4 is 11.3 Å². The molecule has 0 spiro atoms. The fourth-order valence-corrected chi connectivity index (χ4v) is 3.33. The van der Waals surface area contributed by atoms with Gasteiger partial charge in [0.05, 0.1) is 11.2 Å². The monoisotopic (exact) mass is 238 g/mol. The molecule has 0 saturated heterocycles. The van der Waals surface area contributed by atoms with Gasteiger partial charge in [-0.05, 0) is 31.6 Å². The Morgan fingerprint density at radius 2 is 2.38 bits per heavy atom. The lowest BCUT2D eigenvalue weighted by atomic mass is 9.75. The molecule has 1 atom stereocenters. The van der Waals surface area contributed by atoms with Crippen molar-refractivity contribution < 1.29 is 0 Å². The Labute approximate surface area is 102 Å². The first-order valence-corrected chi connectivity index (χ1v) is 7.07. The molecule has 1 N–H and O–H groups in total. The van der Waals surface area contributed by atoms with E-state index in [1.807, 2.05) is 5.51 Å². The number of rotatable bonds is 3. The number of aryl methyl sites for hydroxylation is 1. The van der Waals surface area contributed by atoms with Crippen LogP contribution in [0.5, 0.6) is 0 Å². The Balaban J connectivity index is 1.84. The second-order valence-electron chi connectivity index (χ2n) is 5.70. The number of nitrogens with zero attached hydrogens (tertiary/aromatic N) is 1. The standard InChI is InChI=1S/C13H22N2S/c1-10-12(16-9-15-10)8-14-11-5-4-6-13(2,3)7-11/h9,11,14H,4-8H2,1-3H3. The van der Waals surface area contributed by atoms with E-state index in [9.17, 15) is 0 Å². The van der Waals surface area contributed by atoms with Crippen molar-refractivity contribution in [3.63, 3.8) is 0 Å². The lowest BCUT2D eigenvalue weighted by Gasteiger charge is -2.35. The number of hydrogen-bond donors (Lipinski definition) is 1. The van der Waals surface area contributed by atoms with Crippen molar-refractivity contribution in [1.29, 1.82) is 0 Å². The Bertz CT molecular complexity index is 343. The first-order valence-electron chi connectivity index (χ1n) is 6.19. The molecule has 1 aliphatic rings. The van der Waals surface area contributed by atoms with Gasteiger partial charge in [0.25, 0.3) is 0 Å². The molecule has 16 heavy (non-hydrogen) atoms. The average Bonchev–Trinajstić information content (AvgIpc) is 2.60. The van der Waals surface area contributed by atoms with Crippen LogP contribution >= 0.6 is 11.3 Å². The minimum Gasteiger partial charge on any atom is -0.309 e. The largest absolute Gasteiger partial charge is 0.309 e. The summed E-state index contributed by atoms with van der Waals surface area (Å²) in [6, 6.07) is 0.699. The molecule has 0 bridgehead atoms. The topological polar surface area (TPSA) is 24.9 Å². The maximum absolute atomic E-state index is 4.29. The van der Waals surface area contributed by atoms with Crippen molar-refractivity contribution in [2.75, 3.05) is 0 Å². The summed E-state index contributed by atoms with van der Waals surface area (Å²) in [4.78, 5) is 5.68. The van der Waals surface area contributed by atoms with E-state index < -0.39 is 0 Å². The van der Waals surface area contributed by atoms with Crippen LogP contribution in [0.15, 0.2) is 5.51 Å². The van der Waals surface area contributed by atoms with E-state index in [2.05, 4.69) is 31.1 Å². The second-order valence-corrected chi connectivity index (χ2v) is 6.64. The van der Waals surface area contributed by atoms with Gasteiger partial charge in [-0.1, -0.05) is 20.3 Å². The predicted octanol–water partition coefficient (Wildman–Crippen LogP) is 3.51. The van der Waals surface area contributed by atoms with Crippen LogP contribution in [0.2, 0.25) is 0 Å². The summed E-state index contributed by atoms with van der Waals surface area (Å²) in [6.45, 7) is 7.87. The quantitative estimate of drug-likeness (QED) is 0.871. The number of thiazole rings is 1. The molecule has 1 fully saturated rings. The number of nitrogens with one attached hydrogen (secondary N) is 1. The van der Waals surface area contributed by atoms with Gasteiger partial charge in [0.2, 0.25) is 0 Å². The van der Waals surface area contributed by atoms with E-state index in [0.717, 1.165) is 6.54 Å². The molecule has 90 valence electrons. The van der Waals surface area contributed by atoms with E-state index in [-0.39, 0.29) is 0 Å². The molecule has 2 nitrogen and oxygen atoms in total. The van der Waals surface area contributed by atoms with Crippen LogP contribution in [-0.4, -0.2) is 11.0 Å². The Morgan fingerprint density at radius 1 is 1.56 bits per heavy atom. The highest BCUT2D eigenvalue weighted by atomic mass is 32.1.